The number of hydrogen-bond donors (Lipinski definition) is 1. The highest BCUT2D eigenvalue weighted by Gasteiger charge is 2.30. The molecule has 0 fully saturated rings. The zero-order valence-electron chi connectivity index (χ0n) is 12.0. The van der Waals surface area contributed by atoms with Gasteiger partial charge in [0.25, 0.3) is 0 Å². The Morgan fingerprint density at radius 2 is 1.71 bits per heavy atom. The Morgan fingerprint density at radius 1 is 1.06 bits per heavy atom. The van der Waals surface area contributed by atoms with Crippen LogP contribution < -0.4 is 5.73 Å². The molecule has 0 saturated heterocycles. The van der Waals surface area contributed by atoms with Crippen molar-refractivity contribution in [2.75, 3.05) is 46.6 Å². The molecule has 0 radical (unpaired) electrons. The van der Waals surface area contributed by atoms with Gasteiger partial charge in [-0.2, -0.15) is 0 Å². The van der Waals surface area contributed by atoms with Crippen LogP contribution >= 0.6 is 0 Å². The van der Waals surface area contributed by atoms with Crippen LogP contribution in [0, 0.1) is 0 Å². The van der Waals surface area contributed by atoms with Gasteiger partial charge in [-0.05, 0) is 19.4 Å². The van der Waals surface area contributed by atoms with Gasteiger partial charge in [-0.25, -0.2) is 0 Å². The first-order valence-electron chi connectivity index (χ1n) is 6.72. The van der Waals surface area contributed by atoms with Crippen molar-refractivity contribution < 1.29 is 9.47 Å². The van der Waals surface area contributed by atoms with Gasteiger partial charge in [-0.15, -0.1) is 0 Å². The Bertz CT molecular complexity index is 165. The smallest absolute Gasteiger partial charge is 0.0700 e. The highest BCUT2D eigenvalue weighted by Crippen LogP contribution is 2.22. The summed E-state index contributed by atoms with van der Waals surface area (Å²) in [7, 11) is 1.69. The highest BCUT2D eigenvalue weighted by atomic mass is 16.5. The third kappa shape index (κ3) is 5.34. The number of rotatable bonds is 11. The molecule has 0 aromatic rings. The van der Waals surface area contributed by atoms with E-state index in [1.165, 1.54) is 0 Å². The molecule has 17 heavy (non-hydrogen) atoms. The zero-order valence-corrected chi connectivity index (χ0v) is 12.0. The number of likely N-dealkylation sites (N-methyl/N-ethyl adjacent to an activating group) is 1. The SMILES string of the molecule is CCN(CCOCCOC)C(CC)(CC)CN. The van der Waals surface area contributed by atoms with Gasteiger partial charge in [-0.1, -0.05) is 20.8 Å². The molecule has 0 saturated carbocycles. The van der Waals surface area contributed by atoms with E-state index in [4.69, 9.17) is 15.2 Å². The van der Waals surface area contributed by atoms with E-state index < -0.39 is 0 Å². The number of hydrogen-bond acceptors (Lipinski definition) is 4. The van der Waals surface area contributed by atoms with Gasteiger partial charge >= 0.3 is 0 Å². The maximum absolute atomic E-state index is 5.95. The second-order valence-corrected chi connectivity index (χ2v) is 4.32. The maximum Gasteiger partial charge on any atom is 0.0700 e. The highest BCUT2D eigenvalue weighted by molar-refractivity contribution is 4.88. The molecule has 0 aromatic heterocycles. The van der Waals surface area contributed by atoms with Gasteiger partial charge in [0.2, 0.25) is 0 Å². The Labute approximate surface area is 106 Å². The molecule has 0 rings (SSSR count). The minimum absolute atomic E-state index is 0.138. The molecule has 104 valence electrons. The minimum atomic E-state index is 0.138. The fourth-order valence-corrected chi connectivity index (χ4v) is 2.26. The third-order valence-corrected chi connectivity index (χ3v) is 3.69. The van der Waals surface area contributed by atoms with Crippen LogP contribution in [0.1, 0.15) is 33.6 Å². The van der Waals surface area contributed by atoms with Gasteiger partial charge < -0.3 is 15.2 Å². The van der Waals surface area contributed by atoms with E-state index in [2.05, 4.69) is 25.7 Å². The van der Waals surface area contributed by atoms with Crippen LogP contribution in [0.5, 0.6) is 0 Å². The molecule has 0 atom stereocenters. The van der Waals surface area contributed by atoms with Crippen molar-refractivity contribution in [3.05, 3.63) is 0 Å². The van der Waals surface area contributed by atoms with Gasteiger partial charge in [0.05, 0.1) is 19.8 Å². The van der Waals surface area contributed by atoms with Gasteiger partial charge in [0.1, 0.15) is 0 Å². The first-order valence-corrected chi connectivity index (χ1v) is 6.72. The molecule has 4 nitrogen and oxygen atoms in total. The number of nitrogens with two attached hydrogens (primary N) is 1. The Hall–Kier alpha value is -0.160. The zero-order chi connectivity index (χ0) is 13.1. The summed E-state index contributed by atoms with van der Waals surface area (Å²) >= 11 is 0. The average molecular weight is 246 g/mol. The lowest BCUT2D eigenvalue weighted by molar-refractivity contribution is 0.0257. The third-order valence-electron chi connectivity index (χ3n) is 3.69. The Morgan fingerprint density at radius 3 is 2.12 bits per heavy atom. The first kappa shape index (κ1) is 16.8. The number of ether oxygens (including phenoxy) is 2. The largest absolute Gasteiger partial charge is 0.382 e. The summed E-state index contributed by atoms with van der Waals surface area (Å²) in [4.78, 5) is 2.44. The molecule has 0 unspecified atom stereocenters. The second kappa shape index (κ2) is 9.83. The van der Waals surface area contributed by atoms with Crippen molar-refractivity contribution in [3.8, 4) is 0 Å². The van der Waals surface area contributed by atoms with E-state index in [-0.39, 0.29) is 5.54 Å². The lowest BCUT2D eigenvalue weighted by Crippen LogP contribution is -2.54. The summed E-state index contributed by atoms with van der Waals surface area (Å²) < 4.78 is 10.5. The standard InChI is InChI=1S/C13H30N2O2/c1-5-13(6-2,12-14)15(7-3)8-9-17-11-10-16-4/h5-12,14H2,1-4H3. The van der Waals surface area contributed by atoms with Crippen LogP contribution in [0.3, 0.4) is 0 Å². The molecule has 0 aliphatic carbocycles. The van der Waals surface area contributed by atoms with Crippen molar-refractivity contribution in [2.24, 2.45) is 5.73 Å². The topological polar surface area (TPSA) is 47.7 Å². The summed E-state index contributed by atoms with van der Waals surface area (Å²) in [6, 6.07) is 0. The molecule has 0 spiro atoms. The first-order chi connectivity index (χ1) is 8.20. The molecular formula is C13H30N2O2. The van der Waals surface area contributed by atoms with Crippen molar-refractivity contribution in [1.82, 2.24) is 4.90 Å². The maximum atomic E-state index is 5.95. The van der Waals surface area contributed by atoms with E-state index in [9.17, 15) is 0 Å². The van der Waals surface area contributed by atoms with Crippen LogP contribution in [0.4, 0.5) is 0 Å². The van der Waals surface area contributed by atoms with Crippen LogP contribution in [-0.4, -0.2) is 57.0 Å². The summed E-state index contributed by atoms with van der Waals surface area (Å²) in [5.74, 6) is 0. The molecule has 0 aromatic carbocycles. The van der Waals surface area contributed by atoms with Crippen molar-refractivity contribution in [2.45, 2.75) is 39.2 Å². The van der Waals surface area contributed by atoms with Crippen LogP contribution in [0.25, 0.3) is 0 Å². The van der Waals surface area contributed by atoms with Gasteiger partial charge in [-0.3, -0.25) is 4.90 Å². The normalized spacial score (nSPS) is 12.4. The van der Waals surface area contributed by atoms with Crippen molar-refractivity contribution in [1.29, 1.82) is 0 Å². The molecule has 2 N–H and O–H groups in total. The summed E-state index contributed by atoms with van der Waals surface area (Å²) in [5, 5.41) is 0. The Balaban J connectivity index is 4.11. The van der Waals surface area contributed by atoms with E-state index in [1.54, 1.807) is 7.11 Å². The lowest BCUT2D eigenvalue weighted by Gasteiger charge is -2.42. The molecule has 0 amide bonds. The molecule has 0 heterocycles. The molecule has 0 aliphatic rings. The fourth-order valence-electron chi connectivity index (χ4n) is 2.26. The molecular weight excluding hydrogens is 216 g/mol. The number of methoxy groups -OCH3 is 1. The predicted molar refractivity (Wildman–Crippen MR) is 72.3 cm³/mol. The number of nitrogens with zero attached hydrogens (tertiary/aromatic N) is 1. The monoisotopic (exact) mass is 246 g/mol. The van der Waals surface area contributed by atoms with Crippen molar-refractivity contribution >= 4 is 0 Å². The van der Waals surface area contributed by atoms with E-state index in [0.717, 1.165) is 32.5 Å². The molecule has 4 heteroatoms. The van der Waals surface area contributed by atoms with E-state index >= 15 is 0 Å². The van der Waals surface area contributed by atoms with Crippen LogP contribution in [0.2, 0.25) is 0 Å². The second-order valence-electron chi connectivity index (χ2n) is 4.32. The lowest BCUT2D eigenvalue weighted by atomic mass is 9.90. The van der Waals surface area contributed by atoms with E-state index in [1.807, 2.05) is 0 Å². The predicted octanol–water partition coefficient (Wildman–Crippen LogP) is 1.49. The summed E-state index contributed by atoms with van der Waals surface area (Å²) in [6.45, 7) is 11.4. The fraction of sp³-hybridized carbons (Fsp3) is 1.00. The average Bonchev–Trinajstić information content (AvgIpc) is 2.38. The Kier molecular flexibility index (Phi) is 9.74. The van der Waals surface area contributed by atoms with E-state index in [0.29, 0.717) is 19.8 Å². The van der Waals surface area contributed by atoms with Crippen molar-refractivity contribution in [3.63, 3.8) is 0 Å². The van der Waals surface area contributed by atoms with Gasteiger partial charge in [0, 0.05) is 25.7 Å². The van der Waals surface area contributed by atoms with Gasteiger partial charge in [0.15, 0.2) is 0 Å². The molecule has 0 aliphatic heterocycles. The molecule has 0 bridgehead atoms. The minimum Gasteiger partial charge on any atom is -0.382 e. The van der Waals surface area contributed by atoms with Crippen LogP contribution in [0.15, 0.2) is 0 Å². The van der Waals surface area contributed by atoms with Crippen LogP contribution in [-0.2, 0) is 9.47 Å². The quantitative estimate of drug-likeness (QED) is 0.561. The summed E-state index contributed by atoms with van der Waals surface area (Å²) in [6.07, 6.45) is 2.18. The summed E-state index contributed by atoms with van der Waals surface area (Å²) in [5.41, 5.74) is 6.09.